The zero-order chi connectivity index (χ0) is 14.3. The van der Waals surface area contributed by atoms with Gasteiger partial charge in [-0.3, -0.25) is 9.59 Å². The van der Waals surface area contributed by atoms with Crippen molar-refractivity contribution in [1.29, 1.82) is 0 Å². The van der Waals surface area contributed by atoms with Crippen LogP contribution in [0.1, 0.15) is 32.3 Å². The summed E-state index contributed by atoms with van der Waals surface area (Å²) in [5, 5.41) is 9.21. The lowest BCUT2D eigenvalue weighted by Gasteiger charge is -2.24. The highest BCUT2D eigenvalue weighted by molar-refractivity contribution is 5.99. The number of esters is 1. The maximum atomic E-state index is 12.0. The summed E-state index contributed by atoms with van der Waals surface area (Å²) >= 11 is 0. The van der Waals surface area contributed by atoms with Crippen LogP contribution in [-0.4, -0.2) is 23.7 Å². The van der Waals surface area contributed by atoms with E-state index in [9.17, 15) is 14.7 Å². The second kappa shape index (κ2) is 6.92. The fraction of sp³-hybridized carbons (Fsp3) is 0.467. The molecule has 0 spiro atoms. The van der Waals surface area contributed by atoms with E-state index in [1.807, 2.05) is 30.3 Å². The van der Waals surface area contributed by atoms with Crippen LogP contribution in [-0.2, 0) is 20.7 Å². The molecule has 0 fully saturated rings. The molecule has 0 amide bonds. The first-order valence-electron chi connectivity index (χ1n) is 6.51. The standard InChI is InChI=1S/C15H20O4/c1-3-15(4-2,13(16)17)14(18)19-11-10-12-8-6-5-7-9-12/h5-9H,3-4,10-11H2,1-2H3,(H,16,17). The van der Waals surface area contributed by atoms with Crippen molar-refractivity contribution in [3.8, 4) is 0 Å². The van der Waals surface area contributed by atoms with Crippen molar-refractivity contribution in [2.24, 2.45) is 5.41 Å². The third kappa shape index (κ3) is 3.56. The molecule has 0 aromatic heterocycles. The number of hydrogen-bond acceptors (Lipinski definition) is 3. The highest BCUT2D eigenvalue weighted by Gasteiger charge is 2.44. The molecule has 0 unspecified atom stereocenters. The molecule has 0 saturated carbocycles. The molecule has 0 atom stereocenters. The minimum absolute atomic E-state index is 0.206. The molecule has 0 bridgehead atoms. The quantitative estimate of drug-likeness (QED) is 0.607. The van der Waals surface area contributed by atoms with Gasteiger partial charge in [0, 0.05) is 6.42 Å². The van der Waals surface area contributed by atoms with E-state index in [-0.39, 0.29) is 19.4 Å². The van der Waals surface area contributed by atoms with E-state index in [0.29, 0.717) is 6.42 Å². The molecule has 4 heteroatoms. The average molecular weight is 264 g/mol. The van der Waals surface area contributed by atoms with Crippen molar-refractivity contribution >= 4 is 11.9 Å². The monoisotopic (exact) mass is 264 g/mol. The van der Waals surface area contributed by atoms with Gasteiger partial charge >= 0.3 is 11.9 Å². The number of carbonyl (C=O) groups is 2. The Kier molecular flexibility index (Phi) is 5.55. The first kappa shape index (κ1) is 15.2. The smallest absolute Gasteiger partial charge is 0.323 e. The fourth-order valence-corrected chi connectivity index (χ4v) is 1.97. The highest BCUT2D eigenvalue weighted by atomic mass is 16.5. The molecule has 1 aromatic carbocycles. The van der Waals surface area contributed by atoms with Crippen molar-refractivity contribution in [3.63, 3.8) is 0 Å². The van der Waals surface area contributed by atoms with Crippen molar-refractivity contribution in [2.45, 2.75) is 33.1 Å². The van der Waals surface area contributed by atoms with E-state index >= 15 is 0 Å². The first-order valence-corrected chi connectivity index (χ1v) is 6.51. The van der Waals surface area contributed by atoms with E-state index in [2.05, 4.69) is 0 Å². The lowest BCUT2D eigenvalue weighted by Crippen LogP contribution is -2.40. The van der Waals surface area contributed by atoms with Crippen LogP contribution in [0.25, 0.3) is 0 Å². The van der Waals surface area contributed by atoms with Crippen LogP contribution in [0, 0.1) is 5.41 Å². The molecule has 0 saturated heterocycles. The zero-order valence-corrected chi connectivity index (χ0v) is 11.4. The van der Waals surface area contributed by atoms with E-state index in [1.165, 1.54) is 0 Å². The van der Waals surface area contributed by atoms with Gasteiger partial charge in [-0.1, -0.05) is 44.2 Å². The minimum Gasteiger partial charge on any atom is -0.480 e. The molecule has 1 rings (SSSR count). The number of carboxylic acid groups (broad SMARTS) is 1. The van der Waals surface area contributed by atoms with Gasteiger partial charge in [0.1, 0.15) is 0 Å². The van der Waals surface area contributed by atoms with Crippen LogP contribution in [0.15, 0.2) is 30.3 Å². The summed E-state index contributed by atoms with van der Waals surface area (Å²) in [7, 11) is 0. The SMILES string of the molecule is CCC(CC)(C(=O)O)C(=O)OCCc1ccccc1. The van der Waals surface area contributed by atoms with Crippen molar-refractivity contribution in [1.82, 2.24) is 0 Å². The molecule has 104 valence electrons. The maximum Gasteiger partial charge on any atom is 0.323 e. The number of ether oxygens (including phenoxy) is 1. The van der Waals surface area contributed by atoms with Gasteiger partial charge in [-0.05, 0) is 18.4 Å². The first-order chi connectivity index (χ1) is 9.06. The van der Waals surface area contributed by atoms with E-state index in [4.69, 9.17) is 4.74 Å². The number of hydrogen-bond donors (Lipinski definition) is 1. The van der Waals surface area contributed by atoms with Crippen LogP contribution in [0.5, 0.6) is 0 Å². The highest BCUT2D eigenvalue weighted by Crippen LogP contribution is 2.28. The van der Waals surface area contributed by atoms with Gasteiger partial charge in [-0.25, -0.2) is 0 Å². The van der Waals surface area contributed by atoms with Gasteiger partial charge in [-0.15, -0.1) is 0 Å². The van der Waals surface area contributed by atoms with Crippen LogP contribution in [0.3, 0.4) is 0 Å². The van der Waals surface area contributed by atoms with E-state index in [1.54, 1.807) is 13.8 Å². The molecular weight excluding hydrogens is 244 g/mol. The second-order valence-electron chi connectivity index (χ2n) is 4.47. The number of rotatable bonds is 7. The van der Waals surface area contributed by atoms with Crippen LogP contribution in [0.4, 0.5) is 0 Å². The summed E-state index contributed by atoms with van der Waals surface area (Å²) < 4.78 is 5.13. The van der Waals surface area contributed by atoms with Crippen LogP contribution < -0.4 is 0 Å². The summed E-state index contributed by atoms with van der Waals surface area (Å²) in [6, 6.07) is 9.63. The minimum atomic E-state index is -1.41. The Bertz CT molecular complexity index is 421. The summed E-state index contributed by atoms with van der Waals surface area (Å²) in [6.45, 7) is 3.59. The zero-order valence-electron chi connectivity index (χ0n) is 11.4. The lowest BCUT2D eigenvalue weighted by atomic mass is 9.82. The number of carbonyl (C=O) groups excluding carboxylic acids is 1. The summed E-state index contributed by atoms with van der Waals surface area (Å²) in [5.74, 6) is -1.75. The number of aliphatic carboxylic acids is 1. The molecule has 1 N–H and O–H groups in total. The summed E-state index contributed by atoms with van der Waals surface area (Å²) in [5.41, 5.74) is -0.347. The van der Waals surface area contributed by atoms with Crippen molar-refractivity contribution in [3.05, 3.63) is 35.9 Å². The third-order valence-corrected chi connectivity index (χ3v) is 3.47. The molecule has 0 aliphatic carbocycles. The Balaban J connectivity index is 2.57. The Morgan fingerprint density at radius 2 is 1.74 bits per heavy atom. The van der Waals surface area contributed by atoms with E-state index in [0.717, 1.165) is 5.56 Å². The van der Waals surface area contributed by atoms with Crippen LogP contribution in [0.2, 0.25) is 0 Å². The van der Waals surface area contributed by atoms with Crippen molar-refractivity contribution in [2.75, 3.05) is 6.61 Å². The molecule has 0 aliphatic heterocycles. The van der Waals surface area contributed by atoms with Crippen molar-refractivity contribution < 1.29 is 19.4 Å². The number of carboxylic acids is 1. The maximum absolute atomic E-state index is 12.0. The molecule has 19 heavy (non-hydrogen) atoms. The Hall–Kier alpha value is -1.84. The molecule has 0 heterocycles. The largest absolute Gasteiger partial charge is 0.480 e. The third-order valence-electron chi connectivity index (χ3n) is 3.47. The van der Waals surface area contributed by atoms with Gasteiger partial charge in [0.25, 0.3) is 0 Å². The summed E-state index contributed by atoms with van der Waals surface area (Å²) in [6.07, 6.45) is 1.07. The van der Waals surface area contributed by atoms with Gasteiger partial charge < -0.3 is 9.84 Å². The van der Waals surface area contributed by atoms with Gasteiger partial charge in [0.15, 0.2) is 5.41 Å². The Morgan fingerprint density at radius 3 is 2.21 bits per heavy atom. The molecule has 0 radical (unpaired) electrons. The second-order valence-corrected chi connectivity index (χ2v) is 4.47. The predicted molar refractivity (Wildman–Crippen MR) is 71.8 cm³/mol. The lowest BCUT2D eigenvalue weighted by molar-refractivity contribution is -0.169. The molecule has 0 aliphatic rings. The molecule has 1 aromatic rings. The topological polar surface area (TPSA) is 63.6 Å². The summed E-state index contributed by atoms with van der Waals surface area (Å²) in [4.78, 5) is 23.2. The normalized spacial score (nSPS) is 11.1. The van der Waals surface area contributed by atoms with Gasteiger partial charge in [0.05, 0.1) is 6.61 Å². The average Bonchev–Trinajstić information content (AvgIpc) is 2.41. The predicted octanol–water partition coefficient (Wildman–Crippen LogP) is 2.66. The van der Waals surface area contributed by atoms with Crippen LogP contribution >= 0.6 is 0 Å². The van der Waals surface area contributed by atoms with Gasteiger partial charge in [-0.2, -0.15) is 0 Å². The Morgan fingerprint density at radius 1 is 1.16 bits per heavy atom. The molecule has 4 nitrogen and oxygen atoms in total. The van der Waals surface area contributed by atoms with Gasteiger partial charge in [0.2, 0.25) is 0 Å². The van der Waals surface area contributed by atoms with E-state index < -0.39 is 17.4 Å². The Labute approximate surface area is 113 Å². The molecular formula is C15H20O4. The fourth-order valence-electron chi connectivity index (χ4n) is 1.97. The number of benzene rings is 1.